The van der Waals surface area contributed by atoms with E-state index in [4.69, 9.17) is 5.73 Å². The molecule has 0 unspecified atom stereocenters. The minimum atomic E-state index is -1.18. The van der Waals surface area contributed by atoms with Crippen molar-refractivity contribution in [3.63, 3.8) is 0 Å². The molecule has 0 bridgehead atoms. The van der Waals surface area contributed by atoms with Crippen LogP contribution in [0.2, 0.25) is 0 Å². The Morgan fingerprint density at radius 2 is 2.00 bits per heavy atom. The SMILES string of the molecule is N[C@@H]1C(=O)N2C(C(=O)O)=C(/C=C3\CN(c4ccccc4)C3=O)CS[C@H]12. The van der Waals surface area contributed by atoms with Gasteiger partial charge in [-0.25, -0.2) is 4.79 Å². The standard InChI is InChI=1S/C17H15N3O4S/c18-12-15(22)20-13(17(23)24)10(8-25-16(12)20)6-9-7-19(14(9)21)11-4-2-1-3-5-11/h1-6,12,16H,7-8,18H2,(H,23,24)/b9-6+/t12-,16-/m1/s1. The fourth-order valence-electron chi connectivity index (χ4n) is 3.18. The number of carboxylic acid groups (broad SMARTS) is 1. The van der Waals surface area contributed by atoms with E-state index < -0.39 is 17.9 Å². The van der Waals surface area contributed by atoms with E-state index in [0.29, 0.717) is 23.4 Å². The summed E-state index contributed by atoms with van der Waals surface area (Å²) in [6.45, 7) is 0.417. The van der Waals surface area contributed by atoms with Crippen molar-refractivity contribution < 1.29 is 19.5 Å². The van der Waals surface area contributed by atoms with Gasteiger partial charge >= 0.3 is 5.97 Å². The molecule has 0 radical (unpaired) electrons. The van der Waals surface area contributed by atoms with E-state index in [1.54, 1.807) is 11.0 Å². The highest BCUT2D eigenvalue weighted by Crippen LogP contribution is 2.40. The fraction of sp³-hybridized carbons (Fsp3) is 0.235. The molecule has 2 amide bonds. The van der Waals surface area contributed by atoms with Gasteiger partial charge in [0.2, 0.25) is 5.91 Å². The van der Waals surface area contributed by atoms with E-state index in [1.807, 2.05) is 30.3 Å². The molecule has 4 rings (SSSR count). The summed E-state index contributed by atoms with van der Waals surface area (Å²) >= 11 is 1.42. The van der Waals surface area contributed by atoms with Crippen molar-refractivity contribution in [2.75, 3.05) is 17.2 Å². The molecule has 7 nitrogen and oxygen atoms in total. The molecule has 3 aliphatic rings. The number of allylic oxidation sites excluding steroid dienone is 1. The Morgan fingerprint density at radius 1 is 1.28 bits per heavy atom. The average molecular weight is 357 g/mol. The number of nitrogens with two attached hydrogens (primary N) is 1. The van der Waals surface area contributed by atoms with Gasteiger partial charge in [0.25, 0.3) is 5.91 Å². The maximum atomic E-state index is 12.4. The van der Waals surface area contributed by atoms with Crippen LogP contribution in [-0.2, 0) is 14.4 Å². The summed E-state index contributed by atoms with van der Waals surface area (Å²) in [6, 6.07) is 8.61. The number of carbonyl (C=O) groups excluding carboxylic acids is 2. The summed E-state index contributed by atoms with van der Waals surface area (Å²) in [5.74, 6) is -1.31. The first-order valence-corrected chi connectivity index (χ1v) is 8.78. The van der Waals surface area contributed by atoms with Crippen molar-refractivity contribution in [2.45, 2.75) is 11.4 Å². The number of aliphatic carboxylic acids is 1. The predicted octanol–water partition coefficient (Wildman–Crippen LogP) is 0.541. The first-order valence-electron chi connectivity index (χ1n) is 7.73. The minimum absolute atomic E-state index is 0.0612. The number of hydrogen-bond acceptors (Lipinski definition) is 5. The number of benzene rings is 1. The third-order valence-corrected chi connectivity index (χ3v) is 5.83. The van der Waals surface area contributed by atoms with Crippen molar-refractivity contribution in [3.8, 4) is 0 Å². The molecule has 0 aliphatic carbocycles. The van der Waals surface area contributed by atoms with E-state index in [-0.39, 0.29) is 17.0 Å². The van der Waals surface area contributed by atoms with Gasteiger partial charge in [-0.1, -0.05) is 18.2 Å². The molecule has 0 saturated carbocycles. The third kappa shape index (κ3) is 2.37. The second kappa shape index (κ2) is 5.75. The number of rotatable bonds is 3. The van der Waals surface area contributed by atoms with E-state index in [9.17, 15) is 19.5 Å². The van der Waals surface area contributed by atoms with Crippen LogP contribution >= 0.6 is 11.8 Å². The van der Waals surface area contributed by atoms with Crippen molar-refractivity contribution in [1.29, 1.82) is 0 Å². The quantitative estimate of drug-likeness (QED) is 0.604. The lowest BCUT2D eigenvalue weighted by Crippen LogP contribution is -2.68. The molecule has 0 aromatic heterocycles. The molecule has 2 fully saturated rings. The van der Waals surface area contributed by atoms with Crippen LogP contribution in [0.3, 0.4) is 0 Å². The van der Waals surface area contributed by atoms with Crippen LogP contribution in [0.25, 0.3) is 0 Å². The van der Waals surface area contributed by atoms with Crippen LogP contribution in [0.1, 0.15) is 0 Å². The second-order valence-electron chi connectivity index (χ2n) is 6.01. The maximum Gasteiger partial charge on any atom is 0.352 e. The topological polar surface area (TPSA) is 104 Å². The lowest BCUT2D eigenvalue weighted by Gasteiger charge is -2.47. The number of hydrogen-bond donors (Lipinski definition) is 2. The van der Waals surface area contributed by atoms with Gasteiger partial charge in [0.05, 0.1) is 6.54 Å². The lowest BCUT2D eigenvalue weighted by atomic mass is 9.99. The van der Waals surface area contributed by atoms with Crippen molar-refractivity contribution in [1.82, 2.24) is 4.90 Å². The number of carboxylic acids is 1. The summed E-state index contributed by atoms with van der Waals surface area (Å²) in [5.41, 5.74) is 7.48. The number of amides is 2. The van der Waals surface area contributed by atoms with E-state index in [2.05, 4.69) is 0 Å². The van der Waals surface area contributed by atoms with Crippen LogP contribution in [0.4, 0.5) is 5.69 Å². The summed E-state index contributed by atoms with van der Waals surface area (Å²) in [5, 5.41) is 9.17. The lowest BCUT2D eigenvalue weighted by molar-refractivity contribution is -0.147. The third-order valence-electron chi connectivity index (χ3n) is 4.51. The van der Waals surface area contributed by atoms with Gasteiger partial charge in [-0.15, -0.1) is 11.8 Å². The fourth-order valence-corrected chi connectivity index (χ4v) is 4.43. The van der Waals surface area contributed by atoms with Gasteiger partial charge in [-0.05, 0) is 23.8 Å². The van der Waals surface area contributed by atoms with Crippen LogP contribution < -0.4 is 10.6 Å². The van der Waals surface area contributed by atoms with Crippen LogP contribution in [0.15, 0.2) is 53.3 Å². The normalized spacial score (nSPS) is 27.2. The van der Waals surface area contributed by atoms with Crippen LogP contribution in [0.5, 0.6) is 0 Å². The largest absolute Gasteiger partial charge is 0.477 e. The molecule has 3 N–H and O–H groups in total. The molecule has 1 aromatic rings. The number of β-lactam (4-membered cyclic amide) rings is 2. The highest BCUT2D eigenvalue weighted by Gasteiger charge is 2.51. The maximum absolute atomic E-state index is 12.4. The van der Waals surface area contributed by atoms with Crippen LogP contribution in [0, 0.1) is 0 Å². The average Bonchev–Trinajstić information content (AvgIpc) is 2.63. The Kier molecular flexibility index (Phi) is 3.66. The summed E-state index contributed by atoms with van der Waals surface area (Å²) in [6.07, 6.45) is 1.60. The highest BCUT2D eigenvalue weighted by atomic mass is 32.2. The Labute approximate surface area is 147 Å². The number of anilines is 1. The van der Waals surface area contributed by atoms with Crippen molar-refractivity contribution in [2.24, 2.45) is 5.73 Å². The van der Waals surface area contributed by atoms with Gasteiger partial charge in [0, 0.05) is 17.0 Å². The molecule has 0 spiro atoms. The molecule has 8 heteroatoms. The van der Waals surface area contributed by atoms with Crippen molar-refractivity contribution in [3.05, 3.63) is 53.3 Å². The van der Waals surface area contributed by atoms with Gasteiger partial charge in [0.1, 0.15) is 17.1 Å². The molecule has 2 atom stereocenters. The predicted molar refractivity (Wildman–Crippen MR) is 92.6 cm³/mol. The van der Waals surface area contributed by atoms with E-state index >= 15 is 0 Å². The van der Waals surface area contributed by atoms with Crippen molar-refractivity contribution >= 4 is 35.2 Å². The Hall–Kier alpha value is -2.58. The molecule has 3 aliphatic heterocycles. The van der Waals surface area contributed by atoms with Gasteiger partial charge in [-0.2, -0.15) is 0 Å². The summed E-state index contributed by atoms with van der Waals surface area (Å²) in [7, 11) is 0. The van der Waals surface area contributed by atoms with Gasteiger partial charge < -0.3 is 15.7 Å². The summed E-state index contributed by atoms with van der Waals surface area (Å²) < 4.78 is 0. The number of fused-ring (bicyclic) bond motifs is 1. The number of carbonyl (C=O) groups is 3. The van der Waals surface area contributed by atoms with E-state index in [0.717, 1.165) is 5.69 Å². The number of para-hydroxylation sites is 1. The summed E-state index contributed by atoms with van der Waals surface area (Å²) in [4.78, 5) is 38.8. The zero-order valence-corrected chi connectivity index (χ0v) is 13.9. The zero-order valence-electron chi connectivity index (χ0n) is 13.1. The molecule has 25 heavy (non-hydrogen) atoms. The number of nitrogens with zero attached hydrogens (tertiary/aromatic N) is 2. The molecular weight excluding hydrogens is 342 g/mol. The Morgan fingerprint density at radius 3 is 2.64 bits per heavy atom. The zero-order chi connectivity index (χ0) is 17.7. The molecular formula is C17H15N3O4S. The molecule has 3 heterocycles. The smallest absolute Gasteiger partial charge is 0.352 e. The first-order chi connectivity index (χ1) is 12.0. The highest BCUT2D eigenvalue weighted by molar-refractivity contribution is 8.00. The molecule has 1 aromatic carbocycles. The van der Waals surface area contributed by atoms with E-state index in [1.165, 1.54) is 16.7 Å². The number of thioether (sulfide) groups is 1. The van der Waals surface area contributed by atoms with Crippen LogP contribution in [-0.4, -0.2) is 51.5 Å². The Balaban J connectivity index is 1.61. The first kappa shape index (κ1) is 15.9. The van der Waals surface area contributed by atoms with Gasteiger partial charge in [0.15, 0.2) is 0 Å². The second-order valence-corrected chi connectivity index (χ2v) is 7.12. The molecule has 2 saturated heterocycles. The molecule has 128 valence electrons. The minimum Gasteiger partial charge on any atom is -0.477 e. The van der Waals surface area contributed by atoms with Gasteiger partial charge in [-0.3, -0.25) is 14.5 Å². The Bertz CT molecular complexity index is 849. The monoisotopic (exact) mass is 357 g/mol.